The molecule has 1 atom stereocenters. The lowest BCUT2D eigenvalue weighted by Crippen LogP contribution is -2.54. The normalized spacial score (nSPS) is 24.8. The number of carbonyl (C=O) groups excluding carboxylic acids is 1. The van der Waals surface area contributed by atoms with Gasteiger partial charge in [0.05, 0.1) is 6.04 Å². The fraction of sp³-hybridized carbons (Fsp3) is 0.917. The molecule has 2 aliphatic rings. The molecule has 1 heterocycles. The predicted octanol–water partition coefficient (Wildman–Crippen LogP) is -0.770. The van der Waals surface area contributed by atoms with Crippen LogP contribution >= 0.6 is 0 Å². The molecule has 1 amide bonds. The monoisotopic (exact) mass is 240 g/mol. The fourth-order valence-corrected chi connectivity index (χ4v) is 2.51. The van der Waals surface area contributed by atoms with Crippen molar-refractivity contribution in [3.8, 4) is 0 Å². The van der Waals surface area contributed by atoms with Gasteiger partial charge in [0.1, 0.15) is 0 Å². The standard InChI is InChI=1S/C12H24N4O/c1-2-14-11(12(13)17)9-15-5-7-16(8-6-15)10-3-4-10/h10-11,14H,2-9H2,1H3,(H2,13,17). The summed E-state index contributed by atoms with van der Waals surface area (Å²) in [6.07, 6.45) is 2.75. The second-order valence-electron chi connectivity index (χ2n) is 5.08. The first kappa shape index (κ1) is 12.8. The average Bonchev–Trinajstić information content (AvgIpc) is 3.13. The maximum Gasteiger partial charge on any atom is 0.235 e. The molecule has 0 aromatic heterocycles. The van der Waals surface area contributed by atoms with Crippen LogP contribution in [0, 0.1) is 0 Å². The predicted molar refractivity (Wildman–Crippen MR) is 67.7 cm³/mol. The van der Waals surface area contributed by atoms with Crippen LogP contribution in [0.4, 0.5) is 0 Å². The lowest BCUT2D eigenvalue weighted by atomic mass is 10.2. The minimum Gasteiger partial charge on any atom is -0.368 e. The summed E-state index contributed by atoms with van der Waals surface area (Å²) in [6, 6.07) is 0.658. The maximum absolute atomic E-state index is 11.3. The van der Waals surface area contributed by atoms with Crippen molar-refractivity contribution in [3.05, 3.63) is 0 Å². The Hall–Kier alpha value is -0.650. The lowest BCUT2D eigenvalue weighted by molar-refractivity contribution is -0.120. The number of piperazine rings is 1. The molecule has 0 bridgehead atoms. The van der Waals surface area contributed by atoms with Crippen LogP contribution in [0.25, 0.3) is 0 Å². The molecular weight excluding hydrogens is 216 g/mol. The number of nitrogens with two attached hydrogens (primary N) is 1. The van der Waals surface area contributed by atoms with Gasteiger partial charge in [-0.3, -0.25) is 14.6 Å². The van der Waals surface area contributed by atoms with Crippen LogP contribution < -0.4 is 11.1 Å². The summed E-state index contributed by atoms with van der Waals surface area (Å²) in [7, 11) is 0. The molecule has 1 saturated heterocycles. The van der Waals surface area contributed by atoms with Crippen molar-refractivity contribution in [1.82, 2.24) is 15.1 Å². The van der Waals surface area contributed by atoms with E-state index in [-0.39, 0.29) is 11.9 Å². The molecule has 1 aliphatic carbocycles. The zero-order chi connectivity index (χ0) is 12.3. The van der Waals surface area contributed by atoms with E-state index in [0.29, 0.717) is 0 Å². The highest BCUT2D eigenvalue weighted by molar-refractivity contribution is 5.80. The summed E-state index contributed by atoms with van der Waals surface area (Å²) in [5.74, 6) is -0.239. The van der Waals surface area contributed by atoms with Crippen LogP contribution in [0.3, 0.4) is 0 Å². The molecule has 3 N–H and O–H groups in total. The van der Waals surface area contributed by atoms with Gasteiger partial charge in [-0.05, 0) is 19.4 Å². The minimum atomic E-state index is -0.239. The summed E-state index contributed by atoms with van der Waals surface area (Å²) in [4.78, 5) is 16.2. The van der Waals surface area contributed by atoms with E-state index in [4.69, 9.17) is 5.73 Å². The Bertz CT molecular complexity index is 259. The van der Waals surface area contributed by atoms with Crippen molar-refractivity contribution in [2.45, 2.75) is 31.8 Å². The largest absolute Gasteiger partial charge is 0.368 e. The summed E-state index contributed by atoms with van der Waals surface area (Å²) < 4.78 is 0. The zero-order valence-electron chi connectivity index (χ0n) is 10.7. The van der Waals surface area contributed by atoms with Gasteiger partial charge in [0.25, 0.3) is 0 Å². The number of primary amides is 1. The quantitative estimate of drug-likeness (QED) is 0.640. The second kappa shape index (κ2) is 5.80. The van der Waals surface area contributed by atoms with Crippen LogP contribution in [0.5, 0.6) is 0 Å². The molecule has 1 saturated carbocycles. The van der Waals surface area contributed by atoms with E-state index in [0.717, 1.165) is 45.3 Å². The minimum absolute atomic E-state index is 0.201. The van der Waals surface area contributed by atoms with E-state index in [2.05, 4.69) is 15.1 Å². The molecule has 1 aliphatic heterocycles. The zero-order valence-corrected chi connectivity index (χ0v) is 10.7. The van der Waals surface area contributed by atoms with Gasteiger partial charge >= 0.3 is 0 Å². The van der Waals surface area contributed by atoms with E-state index in [1.165, 1.54) is 12.8 Å². The van der Waals surface area contributed by atoms with Crippen molar-refractivity contribution < 1.29 is 4.79 Å². The number of hydrogen-bond donors (Lipinski definition) is 2. The Kier molecular flexibility index (Phi) is 4.36. The summed E-state index contributed by atoms with van der Waals surface area (Å²) in [5.41, 5.74) is 5.39. The number of rotatable bonds is 6. The molecule has 2 rings (SSSR count). The molecule has 98 valence electrons. The first-order valence-corrected chi connectivity index (χ1v) is 6.69. The first-order valence-electron chi connectivity index (χ1n) is 6.69. The van der Waals surface area contributed by atoms with Gasteiger partial charge in [-0.1, -0.05) is 6.92 Å². The maximum atomic E-state index is 11.3. The van der Waals surface area contributed by atoms with E-state index >= 15 is 0 Å². The Morgan fingerprint density at radius 3 is 2.47 bits per heavy atom. The number of nitrogens with one attached hydrogen (secondary N) is 1. The molecule has 2 fully saturated rings. The van der Waals surface area contributed by atoms with Gasteiger partial charge in [0.2, 0.25) is 5.91 Å². The highest BCUT2D eigenvalue weighted by atomic mass is 16.1. The van der Waals surface area contributed by atoms with Crippen molar-refractivity contribution in [2.75, 3.05) is 39.3 Å². The van der Waals surface area contributed by atoms with Crippen LogP contribution in [0.1, 0.15) is 19.8 Å². The van der Waals surface area contributed by atoms with Gasteiger partial charge in [-0.2, -0.15) is 0 Å². The van der Waals surface area contributed by atoms with Gasteiger partial charge in [-0.25, -0.2) is 0 Å². The SMILES string of the molecule is CCNC(CN1CCN(C2CC2)CC1)C(N)=O. The molecule has 0 radical (unpaired) electrons. The molecule has 0 spiro atoms. The van der Waals surface area contributed by atoms with E-state index in [1.807, 2.05) is 6.92 Å². The molecule has 5 nitrogen and oxygen atoms in total. The number of carbonyl (C=O) groups is 1. The van der Waals surface area contributed by atoms with E-state index in [9.17, 15) is 4.79 Å². The van der Waals surface area contributed by atoms with Crippen molar-refractivity contribution in [1.29, 1.82) is 0 Å². The number of hydrogen-bond acceptors (Lipinski definition) is 4. The molecule has 17 heavy (non-hydrogen) atoms. The fourth-order valence-electron chi connectivity index (χ4n) is 2.51. The first-order chi connectivity index (χ1) is 8.20. The van der Waals surface area contributed by atoms with Gasteiger partial charge in [0.15, 0.2) is 0 Å². The number of likely N-dealkylation sites (N-methyl/N-ethyl adjacent to an activating group) is 1. The molecule has 5 heteroatoms. The lowest BCUT2D eigenvalue weighted by Gasteiger charge is -2.36. The van der Waals surface area contributed by atoms with Crippen molar-refractivity contribution in [3.63, 3.8) is 0 Å². The summed E-state index contributed by atoms with van der Waals surface area (Å²) in [5, 5.41) is 3.15. The highest BCUT2D eigenvalue weighted by Gasteiger charge is 2.31. The third-order valence-corrected chi connectivity index (χ3v) is 3.70. The van der Waals surface area contributed by atoms with Gasteiger partial charge in [0, 0.05) is 38.8 Å². The van der Waals surface area contributed by atoms with Crippen molar-refractivity contribution >= 4 is 5.91 Å². The Morgan fingerprint density at radius 2 is 2.00 bits per heavy atom. The number of amides is 1. The van der Waals surface area contributed by atoms with Gasteiger partial charge < -0.3 is 11.1 Å². The van der Waals surface area contributed by atoms with Crippen LogP contribution in [-0.4, -0.2) is 67.1 Å². The average molecular weight is 240 g/mol. The second-order valence-corrected chi connectivity index (χ2v) is 5.08. The Morgan fingerprint density at radius 1 is 1.35 bits per heavy atom. The third-order valence-electron chi connectivity index (χ3n) is 3.70. The molecular formula is C12H24N4O. The molecule has 1 unspecified atom stereocenters. The van der Waals surface area contributed by atoms with E-state index < -0.39 is 0 Å². The van der Waals surface area contributed by atoms with Crippen LogP contribution in [-0.2, 0) is 4.79 Å². The van der Waals surface area contributed by atoms with E-state index in [1.54, 1.807) is 0 Å². The Labute approximate surface area is 103 Å². The van der Waals surface area contributed by atoms with Gasteiger partial charge in [-0.15, -0.1) is 0 Å². The summed E-state index contributed by atoms with van der Waals surface area (Å²) in [6.45, 7) is 7.94. The van der Waals surface area contributed by atoms with Crippen molar-refractivity contribution in [2.24, 2.45) is 5.73 Å². The topological polar surface area (TPSA) is 61.6 Å². The van der Waals surface area contributed by atoms with Crippen LogP contribution in [0.2, 0.25) is 0 Å². The number of nitrogens with zero attached hydrogens (tertiary/aromatic N) is 2. The Balaban J connectivity index is 1.73. The molecule has 0 aromatic carbocycles. The molecule has 0 aromatic rings. The third kappa shape index (κ3) is 3.66. The summed E-state index contributed by atoms with van der Waals surface area (Å²) >= 11 is 0. The smallest absolute Gasteiger partial charge is 0.235 e. The highest BCUT2D eigenvalue weighted by Crippen LogP contribution is 2.27. The van der Waals surface area contributed by atoms with Crippen LogP contribution in [0.15, 0.2) is 0 Å².